The van der Waals surface area contributed by atoms with Gasteiger partial charge in [0.2, 0.25) is 0 Å². The molecule has 0 aliphatic rings. The molecule has 0 aliphatic heterocycles. The molecule has 0 heterocycles. The van der Waals surface area contributed by atoms with Crippen LogP contribution < -0.4 is 0 Å². The Bertz CT molecular complexity index is 137. The zero-order valence-electron chi connectivity index (χ0n) is 8.26. The number of carboxylic acids is 1. The lowest BCUT2D eigenvalue weighted by Crippen LogP contribution is -2.12. The van der Waals surface area contributed by atoms with Crippen LogP contribution in [0, 0.1) is 0 Å². The summed E-state index contributed by atoms with van der Waals surface area (Å²) in [7, 11) is 0. The Morgan fingerprint density at radius 3 is 2.31 bits per heavy atom. The second kappa shape index (κ2) is 8.36. The van der Waals surface area contributed by atoms with Crippen molar-refractivity contribution in [3.8, 4) is 0 Å². The van der Waals surface area contributed by atoms with E-state index in [0.717, 1.165) is 12.8 Å². The van der Waals surface area contributed by atoms with Crippen molar-refractivity contribution in [2.24, 2.45) is 0 Å². The van der Waals surface area contributed by atoms with Crippen LogP contribution >= 0.6 is 11.6 Å². The topological polar surface area (TPSA) is 37.3 Å². The van der Waals surface area contributed by atoms with Gasteiger partial charge in [0.05, 0.1) is 0 Å². The quantitative estimate of drug-likeness (QED) is 0.488. The van der Waals surface area contributed by atoms with Crippen LogP contribution in [0.2, 0.25) is 0 Å². The number of hydrogen-bond acceptors (Lipinski definition) is 1. The van der Waals surface area contributed by atoms with Crippen molar-refractivity contribution in [2.45, 2.75) is 57.2 Å². The predicted molar refractivity (Wildman–Crippen MR) is 55.3 cm³/mol. The smallest absolute Gasteiger partial charge is 0.321 e. The van der Waals surface area contributed by atoms with E-state index in [1.807, 2.05) is 0 Å². The van der Waals surface area contributed by atoms with Crippen LogP contribution in [0.1, 0.15) is 51.9 Å². The predicted octanol–water partition coefficient (Wildman–Crippen LogP) is 3.43. The van der Waals surface area contributed by atoms with Gasteiger partial charge in [0.15, 0.2) is 0 Å². The number of aliphatic carboxylic acids is 1. The molecule has 0 fully saturated rings. The van der Waals surface area contributed by atoms with Gasteiger partial charge in [-0.05, 0) is 6.42 Å². The second-order valence-corrected chi connectivity index (χ2v) is 3.89. The maximum atomic E-state index is 10.3. The van der Waals surface area contributed by atoms with Crippen molar-refractivity contribution in [3.05, 3.63) is 0 Å². The zero-order valence-corrected chi connectivity index (χ0v) is 9.02. The molecule has 0 saturated heterocycles. The van der Waals surface area contributed by atoms with E-state index in [0.29, 0.717) is 6.42 Å². The van der Waals surface area contributed by atoms with E-state index in [-0.39, 0.29) is 0 Å². The van der Waals surface area contributed by atoms with Gasteiger partial charge in [0.1, 0.15) is 5.38 Å². The van der Waals surface area contributed by atoms with E-state index >= 15 is 0 Å². The van der Waals surface area contributed by atoms with Crippen molar-refractivity contribution >= 4 is 17.6 Å². The van der Waals surface area contributed by atoms with Crippen LogP contribution in [0.25, 0.3) is 0 Å². The van der Waals surface area contributed by atoms with E-state index in [9.17, 15) is 4.79 Å². The van der Waals surface area contributed by atoms with Gasteiger partial charge in [0.25, 0.3) is 0 Å². The molecule has 0 aliphatic carbocycles. The highest BCUT2D eigenvalue weighted by Crippen LogP contribution is 2.11. The lowest BCUT2D eigenvalue weighted by molar-refractivity contribution is -0.136. The standard InChI is InChI=1S/C10H19ClO2/c1-2-3-4-5-6-7-8-9(11)10(12)13/h9H,2-8H2,1H3,(H,12,13). The second-order valence-electron chi connectivity index (χ2n) is 3.36. The van der Waals surface area contributed by atoms with E-state index in [4.69, 9.17) is 16.7 Å². The summed E-state index contributed by atoms with van der Waals surface area (Å²) in [6, 6.07) is 0. The van der Waals surface area contributed by atoms with Crippen LogP contribution in [0.15, 0.2) is 0 Å². The summed E-state index contributed by atoms with van der Waals surface area (Å²) >= 11 is 5.56. The highest BCUT2D eigenvalue weighted by Gasteiger charge is 2.11. The highest BCUT2D eigenvalue weighted by molar-refractivity contribution is 6.29. The van der Waals surface area contributed by atoms with E-state index < -0.39 is 11.3 Å². The number of rotatable bonds is 8. The third kappa shape index (κ3) is 8.10. The molecule has 0 saturated carbocycles. The molecule has 1 N–H and O–H groups in total. The highest BCUT2D eigenvalue weighted by atomic mass is 35.5. The van der Waals surface area contributed by atoms with E-state index in [1.165, 1.54) is 25.7 Å². The van der Waals surface area contributed by atoms with Crippen molar-refractivity contribution < 1.29 is 9.90 Å². The Kier molecular flexibility index (Phi) is 8.21. The van der Waals surface area contributed by atoms with Gasteiger partial charge >= 0.3 is 5.97 Å². The summed E-state index contributed by atoms with van der Waals surface area (Å²) in [4.78, 5) is 10.3. The summed E-state index contributed by atoms with van der Waals surface area (Å²) in [6.45, 7) is 2.18. The molecule has 1 atom stereocenters. The average molecular weight is 207 g/mol. The normalized spacial score (nSPS) is 12.8. The summed E-state index contributed by atoms with van der Waals surface area (Å²) < 4.78 is 0. The Labute approximate surface area is 85.3 Å². The molecule has 0 aromatic heterocycles. The largest absolute Gasteiger partial charge is 0.480 e. The fourth-order valence-corrected chi connectivity index (χ4v) is 1.38. The Morgan fingerprint density at radius 1 is 1.23 bits per heavy atom. The maximum Gasteiger partial charge on any atom is 0.321 e. The molecule has 0 bridgehead atoms. The van der Waals surface area contributed by atoms with Crippen LogP contribution in [0.4, 0.5) is 0 Å². The van der Waals surface area contributed by atoms with Gasteiger partial charge in [-0.2, -0.15) is 0 Å². The first kappa shape index (κ1) is 12.8. The van der Waals surface area contributed by atoms with E-state index in [2.05, 4.69) is 6.92 Å². The summed E-state index contributed by atoms with van der Waals surface area (Å²) in [5, 5.41) is 7.80. The van der Waals surface area contributed by atoms with Gasteiger partial charge in [-0.3, -0.25) is 4.79 Å². The molecule has 2 nitrogen and oxygen atoms in total. The third-order valence-electron chi connectivity index (χ3n) is 2.08. The number of carbonyl (C=O) groups is 1. The van der Waals surface area contributed by atoms with Gasteiger partial charge in [0, 0.05) is 0 Å². The number of alkyl halides is 1. The molecular formula is C10H19ClO2. The molecule has 1 unspecified atom stereocenters. The zero-order chi connectivity index (χ0) is 10.1. The minimum atomic E-state index is -0.893. The fourth-order valence-electron chi connectivity index (χ4n) is 1.23. The van der Waals surface area contributed by atoms with Crippen molar-refractivity contribution in [1.29, 1.82) is 0 Å². The monoisotopic (exact) mass is 206 g/mol. The summed E-state index contributed by atoms with van der Waals surface area (Å²) in [5.74, 6) is -0.893. The average Bonchev–Trinajstić information content (AvgIpc) is 2.10. The number of carboxylic acid groups (broad SMARTS) is 1. The Balaban J connectivity index is 3.11. The third-order valence-corrected chi connectivity index (χ3v) is 2.48. The molecule has 0 rings (SSSR count). The molecular weight excluding hydrogens is 188 g/mol. The van der Waals surface area contributed by atoms with Crippen molar-refractivity contribution in [1.82, 2.24) is 0 Å². The van der Waals surface area contributed by atoms with Gasteiger partial charge in [-0.15, -0.1) is 11.6 Å². The first-order valence-corrected chi connectivity index (χ1v) is 5.49. The fraction of sp³-hybridized carbons (Fsp3) is 0.900. The summed E-state index contributed by atoms with van der Waals surface area (Å²) in [5.41, 5.74) is 0. The first-order chi connectivity index (χ1) is 6.18. The van der Waals surface area contributed by atoms with Crippen molar-refractivity contribution in [3.63, 3.8) is 0 Å². The molecule has 0 aromatic rings. The lowest BCUT2D eigenvalue weighted by Gasteiger charge is -2.03. The number of hydrogen-bond donors (Lipinski definition) is 1. The van der Waals surface area contributed by atoms with Gasteiger partial charge in [-0.25, -0.2) is 0 Å². The molecule has 78 valence electrons. The molecule has 13 heavy (non-hydrogen) atoms. The minimum absolute atomic E-state index is 0.600. The Hall–Kier alpha value is -0.240. The molecule has 0 aromatic carbocycles. The molecule has 3 heteroatoms. The first-order valence-electron chi connectivity index (χ1n) is 5.05. The SMILES string of the molecule is CCCCCCCCC(Cl)C(=O)O. The number of halogens is 1. The number of unbranched alkanes of at least 4 members (excludes halogenated alkanes) is 5. The van der Waals surface area contributed by atoms with Gasteiger partial charge in [-0.1, -0.05) is 45.4 Å². The lowest BCUT2D eigenvalue weighted by atomic mass is 10.1. The molecule has 0 spiro atoms. The van der Waals surface area contributed by atoms with Crippen LogP contribution in [0.3, 0.4) is 0 Å². The van der Waals surface area contributed by atoms with Crippen molar-refractivity contribution in [2.75, 3.05) is 0 Å². The molecule has 0 radical (unpaired) electrons. The van der Waals surface area contributed by atoms with Crippen LogP contribution in [-0.4, -0.2) is 16.5 Å². The van der Waals surface area contributed by atoms with Gasteiger partial charge < -0.3 is 5.11 Å². The van der Waals surface area contributed by atoms with Crippen LogP contribution in [-0.2, 0) is 4.79 Å². The molecule has 0 amide bonds. The van der Waals surface area contributed by atoms with Crippen LogP contribution in [0.5, 0.6) is 0 Å². The minimum Gasteiger partial charge on any atom is -0.480 e. The summed E-state index contributed by atoms with van der Waals surface area (Å²) in [6.07, 6.45) is 7.63. The Morgan fingerprint density at radius 2 is 1.77 bits per heavy atom. The maximum absolute atomic E-state index is 10.3. The van der Waals surface area contributed by atoms with E-state index in [1.54, 1.807) is 0 Å².